The van der Waals surface area contributed by atoms with Crippen molar-refractivity contribution < 1.29 is 4.42 Å². The van der Waals surface area contributed by atoms with Gasteiger partial charge in [0.05, 0.1) is 23.2 Å². The van der Waals surface area contributed by atoms with Crippen molar-refractivity contribution >= 4 is 76.0 Å². The van der Waals surface area contributed by atoms with Gasteiger partial charge in [-0.2, -0.15) is 0 Å². The van der Waals surface area contributed by atoms with Gasteiger partial charge in [-0.3, -0.25) is 4.99 Å². The summed E-state index contributed by atoms with van der Waals surface area (Å²) in [5.41, 5.74) is 7.47. The topological polar surface area (TPSA) is 64.8 Å². The Labute approximate surface area is 279 Å². The van der Waals surface area contributed by atoms with Crippen molar-refractivity contribution in [3.05, 3.63) is 168 Å². The number of hydrogen-bond acceptors (Lipinski definition) is 5. The summed E-state index contributed by atoms with van der Waals surface area (Å²) in [7, 11) is 0. The minimum absolute atomic E-state index is 0.450. The van der Waals surface area contributed by atoms with Gasteiger partial charge in [0.25, 0.3) is 0 Å². The van der Waals surface area contributed by atoms with Gasteiger partial charge in [0.1, 0.15) is 11.2 Å². The molecule has 10 rings (SSSR count). The van der Waals surface area contributed by atoms with E-state index in [-0.39, 0.29) is 0 Å². The average Bonchev–Trinajstić information content (AvgIpc) is 3.74. The van der Waals surface area contributed by atoms with E-state index in [1.54, 1.807) is 11.3 Å². The van der Waals surface area contributed by atoms with Crippen molar-refractivity contribution in [2.24, 2.45) is 9.98 Å². The first-order valence-corrected chi connectivity index (χ1v) is 16.7. The van der Waals surface area contributed by atoms with Gasteiger partial charge in [0.15, 0.2) is 0 Å². The number of benzene rings is 6. The number of amidine groups is 2. The first-order valence-electron chi connectivity index (χ1n) is 15.9. The summed E-state index contributed by atoms with van der Waals surface area (Å²) in [5, 5.41) is 10.7. The number of pyridine rings is 1. The Bertz CT molecular complexity index is 2760. The lowest BCUT2D eigenvalue weighted by atomic mass is 10.0. The van der Waals surface area contributed by atoms with E-state index in [4.69, 9.17) is 24.7 Å². The number of nitrogens with zero attached hydrogens (tertiary/aromatic N) is 4. The minimum Gasteiger partial charge on any atom is -0.455 e. The molecule has 226 valence electrons. The normalized spacial score (nSPS) is 14.9. The molecule has 3 aromatic heterocycles. The van der Waals surface area contributed by atoms with Crippen molar-refractivity contribution in [3.8, 4) is 11.3 Å². The van der Waals surface area contributed by atoms with Gasteiger partial charge in [-0.05, 0) is 41.2 Å². The third-order valence-electron chi connectivity index (χ3n) is 9.05. The molecule has 0 amide bonds. The Kier molecular flexibility index (Phi) is 6.04. The smallest absolute Gasteiger partial charge is 0.142 e. The zero-order chi connectivity index (χ0) is 31.6. The van der Waals surface area contributed by atoms with E-state index in [9.17, 15) is 0 Å². The van der Waals surface area contributed by atoms with Crippen molar-refractivity contribution in [2.45, 2.75) is 6.17 Å². The maximum absolute atomic E-state index is 6.42. The summed E-state index contributed by atoms with van der Waals surface area (Å²) in [6.07, 6.45) is -0.450. The molecule has 0 saturated heterocycles. The van der Waals surface area contributed by atoms with Gasteiger partial charge in [0.2, 0.25) is 0 Å². The minimum atomic E-state index is -0.450. The third-order valence-corrected chi connectivity index (χ3v) is 10.3. The van der Waals surface area contributed by atoms with Crippen LogP contribution >= 0.6 is 11.3 Å². The molecule has 0 bridgehead atoms. The van der Waals surface area contributed by atoms with E-state index < -0.39 is 6.17 Å². The second-order valence-electron chi connectivity index (χ2n) is 11.9. The first-order chi connectivity index (χ1) is 23.8. The van der Waals surface area contributed by atoms with E-state index in [1.165, 1.54) is 9.40 Å². The van der Waals surface area contributed by atoms with Crippen LogP contribution in [0.2, 0.25) is 0 Å². The Balaban J connectivity index is 1.20. The molecule has 1 atom stereocenters. The average molecular weight is 634 g/mol. The summed E-state index contributed by atoms with van der Waals surface area (Å²) < 4.78 is 8.85. The predicted molar refractivity (Wildman–Crippen MR) is 199 cm³/mol. The summed E-state index contributed by atoms with van der Waals surface area (Å²) >= 11 is 1.81. The van der Waals surface area contributed by atoms with Crippen molar-refractivity contribution in [1.29, 1.82) is 0 Å². The Hall–Kier alpha value is -6.11. The Morgan fingerprint density at radius 3 is 2.25 bits per heavy atom. The van der Waals surface area contributed by atoms with Crippen molar-refractivity contribution in [1.82, 2.24) is 4.98 Å². The molecule has 9 aromatic rings. The number of aliphatic imine (C=N–C) groups is 2. The summed E-state index contributed by atoms with van der Waals surface area (Å²) in [4.78, 5) is 15.5. The molecule has 48 heavy (non-hydrogen) atoms. The molecule has 6 aromatic carbocycles. The summed E-state index contributed by atoms with van der Waals surface area (Å²) in [6, 6.07) is 49.9. The number of thiophene rings is 1. The van der Waals surface area contributed by atoms with Crippen LogP contribution in [0.1, 0.15) is 22.9 Å². The quantitative estimate of drug-likeness (QED) is 0.194. The van der Waals surface area contributed by atoms with Crippen LogP contribution in [0.3, 0.4) is 0 Å². The standard InChI is InChI=1S/C42H25N4OS/c1-3-12-25(13-4-1)37-36-32-24-27(22-23-35(32)48-39(36)30-17-7-9-20-33(30)43-37)41-44-40(26-14-5-2-6-15-26)45-42(46-41)31-19-11-18-29-28-16-8-10-21-34(28)47-38(29)31/h1-24,40H/q-1. The highest BCUT2D eigenvalue weighted by Gasteiger charge is 2.20. The zero-order valence-electron chi connectivity index (χ0n) is 25.5. The fraction of sp³-hybridized carbons (Fsp3) is 0.0238. The number of aromatic nitrogens is 1. The highest BCUT2D eigenvalue weighted by Crippen LogP contribution is 2.43. The molecule has 0 aliphatic carbocycles. The number of para-hydroxylation sites is 3. The van der Waals surface area contributed by atoms with Crippen LogP contribution in [0.15, 0.2) is 160 Å². The molecular weight excluding hydrogens is 609 g/mol. The molecule has 1 unspecified atom stereocenters. The molecule has 0 spiro atoms. The molecule has 0 fully saturated rings. The van der Waals surface area contributed by atoms with E-state index in [1.807, 2.05) is 54.6 Å². The Morgan fingerprint density at radius 1 is 0.625 bits per heavy atom. The van der Waals surface area contributed by atoms with Crippen LogP contribution in [-0.2, 0) is 0 Å². The highest BCUT2D eigenvalue weighted by atomic mass is 32.1. The molecular formula is C42H25N4OS-. The largest absolute Gasteiger partial charge is 0.455 e. The summed E-state index contributed by atoms with van der Waals surface area (Å²) in [5.74, 6) is 1.24. The van der Waals surface area contributed by atoms with Crippen molar-refractivity contribution in [3.63, 3.8) is 0 Å². The Morgan fingerprint density at radius 2 is 1.38 bits per heavy atom. The molecule has 1 aliphatic heterocycles. The maximum atomic E-state index is 6.42. The molecule has 5 nitrogen and oxygen atoms in total. The van der Waals surface area contributed by atoms with E-state index >= 15 is 0 Å². The van der Waals surface area contributed by atoms with Gasteiger partial charge in [-0.25, -0.2) is 4.98 Å². The molecule has 6 heteroatoms. The van der Waals surface area contributed by atoms with Crippen molar-refractivity contribution in [2.75, 3.05) is 0 Å². The second-order valence-corrected chi connectivity index (χ2v) is 13.0. The number of fused-ring (bicyclic) bond motifs is 8. The molecule has 1 aliphatic rings. The second kappa shape index (κ2) is 10.7. The fourth-order valence-corrected chi connectivity index (χ4v) is 8.01. The van der Waals surface area contributed by atoms with Gasteiger partial charge in [-0.15, -0.1) is 11.3 Å². The number of rotatable bonds is 4. The maximum Gasteiger partial charge on any atom is 0.142 e. The van der Waals surface area contributed by atoms with Gasteiger partial charge < -0.3 is 14.7 Å². The van der Waals surface area contributed by atoms with Crippen LogP contribution in [-0.4, -0.2) is 16.7 Å². The van der Waals surface area contributed by atoms with Gasteiger partial charge >= 0.3 is 0 Å². The van der Waals surface area contributed by atoms with Crippen LogP contribution in [0.5, 0.6) is 0 Å². The molecule has 4 heterocycles. The lowest BCUT2D eigenvalue weighted by Crippen LogP contribution is -2.16. The number of furan rings is 1. The lowest BCUT2D eigenvalue weighted by Gasteiger charge is -2.32. The molecule has 0 radical (unpaired) electrons. The predicted octanol–water partition coefficient (Wildman–Crippen LogP) is 11.4. The highest BCUT2D eigenvalue weighted by molar-refractivity contribution is 7.26. The van der Waals surface area contributed by atoms with Crippen LogP contribution in [0, 0.1) is 0 Å². The fourth-order valence-electron chi connectivity index (χ4n) is 6.79. The summed E-state index contributed by atoms with van der Waals surface area (Å²) in [6.45, 7) is 0. The lowest BCUT2D eigenvalue weighted by molar-refractivity contribution is 0.668. The van der Waals surface area contributed by atoms with Gasteiger partial charge in [-0.1, -0.05) is 121 Å². The van der Waals surface area contributed by atoms with Gasteiger partial charge in [0, 0.05) is 47.5 Å². The number of hydrogen-bond donors (Lipinski definition) is 0. The molecule has 0 saturated carbocycles. The van der Waals surface area contributed by atoms with E-state index in [2.05, 4.69) is 91.0 Å². The van der Waals surface area contributed by atoms with Crippen LogP contribution in [0.25, 0.3) is 69.6 Å². The zero-order valence-corrected chi connectivity index (χ0v) is 26.4. The van der Waals surface area contributed by atoms with E-state index in [0.717, 1.165) is 71.6 Å². The first kappa shape index (κ1) is 27.0. The SMILES string of the molecule is c1ccc(-c2nc3ccccc3c3sc4ccc(C5=NC(c6ccccc6)[N-]C(c6cccc7c6oc6ccccc67)=N5)cc4c23)cc1. The monoisotopic (exact) mass is 633 g/mol. The third kappa shape index (κ3) is 4.27. The molecule has 0 N–H and O–H groups in total. The van der Waals surface area contributed by atoms with Crippen LogP contribution in [0.4, 0.5) is 0 Å². The van der Waals surface area contributed by atoms with Crippen LogP contribution < -0.4 is 0 Å². The van der Waals surface area contributed by atoms with E-state index in [0.29, 0.717) is 11.7 Å².